The summed E-state index contributed by atoms with van der Waals surface area (Å²) < 4.78 is 2.33. The number of nitrogens with zero attached hydrogens (tertiary/aromatic N) is 3. The monoisotopic (exact) mass is 375 g/mol. The Balaban J connectivity index is 0.00000144. The second kappa shape index (κ2) is 7.78. The minimum atomic E-state index is -0.433. The molecule has 1 fully saturated rings. The number of rotatable bonds is 2. The third-order valence-electron chi connectivity index (χ3n) is 3.94. The molecule has 0 radical (unpaired) electrons. The van der Waals surface area contributed by atoms with Crippen LogP contribution >= 0.6 is 24.8 Å². The molecule has 24 heavy (non-hydrogen) atoms. The van der Waals surface area contributed by atoms with Gasteiger partial charge in [-0.05, 0) is 25.5 Å². The fourth-order valence-electron chi connectivity index (χ4n) is 2.67. The van der Waals surface area contributed by atoms with Crippen molar-refractivity contribution in [2.45, 2.75) is 18.9 Å². The highest BCUT2D eigenvalue weighted by atomic mass is 35.5. The van der Waals surface area contributed by atoms with Gasteiger partial charge in [-0.25, -0.2) is 9.78 Å². The van der Waals surface area contributed by atoms with Crippen LogP contribution in [0, 0.1) is 0 Å². The highest BCUT2D eigenvalue weighted by molar-refractivity contribution is 5.96. The summed E-state index contributed by atoms with van der Waals surface area (Å²) >= 11 is 0. The molecule has 2 aromatic heterocycles. The molecule has 2 aromatic rings. The maximum Gasteiger partial charge on any atom is 0.332 e. The Morgan fingerprint density at radius 3 is 2.62 bits per heavy atom. The Labute approximate surface area is 150 Å². The van der Waals surface area contributed by atoms with E-state index in [1.54, 1.807) is 13.1 Å². The number of hydrogen-bond donors (Lipinski definition) is 2. The van der Waals surface area contributed by atoms with E-state index in [4.69, 9.17) is 0 Å². The zero-order valence-electron chi connectivity index (χ0n) is 13.2. The number of amides is 1. The van der Waals surface area contributed by atoms with E-state index in [0.29, 0.717) is 16.7 Å². The molecule has 8 nitrogen and oxygen atoms in total. The van der Waals surface area contributed by atoms with Crippen LogP contribution in [0.4, 0.5) is 5.69 Å². The fraction of sp³-hybridized carbons (Fsp3) is 0.429. The summed E-state index contributed by atoms with van der Waals surface area (Å²) in [4.78, 5) is 40.2. The smallest absolute Gasteiger partial charge is 0.323 e. The second-order valence-electron chi connectivity index (χ2n) is 5.44. The zero-order chi connectivity index (χ0) is 15.9. The molecule has 3 rings (SSSR count). The van der Waals surface area contributed by atoms with Crippen molar-refractivity contribution in [3.05, 3.63) is 33.1 Å². The van der Waals surface area contributed by atoms with E-state index in [2.05, 4.69) is 15.6 Å². The molecule has 10 heteroatoms. The molecular weight excluding hydrogens is 357 g/mol. The van der Waals surface area contributed by atoms with Crippen LogP contribution in [-0.2, 0) is 18.9 Å². The van der Waals surface area contributed by atoms with Gasteiger partial charge in [-0.15, -0.1) is 24.8 Å². The fourth-order valence-corrected chi connectivity index (χ4v) is 2.67. The van der Waals surface area contributed by atoms with Gasteiger partial charge in [0.2, 0.25) is 5.91 Å². The summed E-state index contributed by atoms with van der Waals surface area (Å²) in [6.45, 7) is 0.830. The number of anilines is 1. The van der Waals surface area contributed by atoms with Gasteiger partial charge in [0.25, 0.3) is 5.56 Å². The van der Waals surface area contributed by atoms with Crippen LogP contribution in [0.5, 0.6) is 0 Å². The molecule has 0 spiro atoms. The first kappa shape index (κ1) is 20.1. The second-order valence-corrected chi connectivity index (χ2v) is 5.44. The van der Waals surface area contributed by atoms with E-state index in [9.17, 15) is 14.4 Å². The van der Waals surface area contributed by atoms with Crippen LogP contribution in [0.3, 0.4) is 0 Å². The number of hydrogen-bond acceptors (Lipinski definition) is 5. The minimum absolute atomic E-state index is 0. The number of aryl methyl sites for hydroxylation is 1. The Kier molecular flexibility index (Phi) is 6.53. The Hall–Kier alpha value is -1.90. The molecule has 1 aliphatic heterocycles. The van der Waals surface area contributed by atoms with Crippen molar-refractivity contribution in [2.75, 3.05) is 11.9 Å². The lowest BCUT2D eigenvalue weighted by Gasteiger charge is -2.12. The maximum atomic E-state index is 12.2. The van der Waals surface area contributed by atoms with Crippen LogP contribution in [0.25, 0.3) is 11.0 Å². The third kappa shape index (κ3) is 3.45. The van der Waals surface area contributed by atoms with Crippen LogP contribution in [0.15, 0.2) is 21.9 Å². The summed E-state index contributed by atoms with van der Waals surface area (Å²) in [6, 6.07) is 1.34. The molecule has 1 amide bonds. The molecule has 0 bridgehead atoms. The number of aromatic nitrogens is 3. The van der Waals surface area contributed by atoms with Crippen molar-refractivity contribution < 1.29 is 4.79 Å². The predicted molar refractivity (Wildman–Crippen MR) is 96.4 cm³/mol. The van der Waals surface area contributed by atoms with Crippen LogP contribution in [0.1, 0.15) is 12.8 Å². The summed E-state index contributed by atoms with van der Waals surface area (Å²) in [5.74, 6) is -0.139. The van der Waals surface area contributed by atoms with E-state index in [-0.39, 0.29) is 36.8 Å². The number of pyridine rings is 1. The number of nitrogens with one attached hydrogen (secondary N) is 2. The van der Waals surface area contributed by atoms with Crippen molar-refractivity contribution in [1.82, 2.24) is 19.4 Å². The lowest BCUT2D eigenvalue weighted by atomic mass is 10.2. The van der Waals surface area contributed by atoms with Gasteiger partial charge in [-0.1, -0.05) is 0 Å². The molecule has 0 aliphatic carbocycles. The van der Waals surface area contributed by atoms with Gasteiger partial charge in [-0.2, -0.15) is 0 Å². The molecule has 1 unspecified atom stereocenters. The SMILES string of the molecule is Cl.Cl.Cn1c(=O)c2cc(NC(=O)C3CCCN3)cnc2n(C)c1=O. The average molecular weight is 376 g/mol. The summed E-state index contributed by atoms with van der Waals surface area (Å²) in [7, 11) is 2.97. The number of halogens is 2. The van der Waals surface area contributed by atoms with Gasteiger partial charge in [0, 0.05) is 14.1 Å². The van der Waals surface area contributed by atoms with Gasteiger partial charge >= 0.3 is 5.69 Å². The highest BCUT2D eigenvalue weighted by Gasteiger charge is 2.22. The maximum absolute atomic E-state index is 12.2. The molecular formula is C14H19Cl2N5O3. The van der Waals surface area contributed by atoms with Crippen molar-refractivity contribution in [2.24, 2.45) is 14.1 Å². The van der Waals surface area contributed by atoms with E-state index >= 15 is 0 Å². The molecule has 1 aliphatic rings. The standard InChI is InChI=1S/C14H17N5O3.2ClH/c1-18-11-9(13(21)19(2)14(18)22)6-8(7-16-11)17-12(20)10-4-3-5-15-10;;/h6-7,10,15H,3-5H2,1-2H3,(H,17,20);2*1H. The van der Waals surface area contributed by atoms with E-state index in [1.165, 1.54) is 17.8 Å². The van der Waals surface area contributed by atoms with Crippen molar-refractivity contribution in [3.8, 4) is 0 Å². The molecule has 3 heterocycles. The molecule has 1 atom stereocenters. The first-order chi connectivity index (χ1) is 10.5. The first-order valence-corrected chi connectivity index (χ1v) is 7.09. The van der Waals surface area contributed by atoms with Crippen LogP contribution in [0.2, 0.25) is 0 Å². The molecule has 0 aromatic carbocycles. The predicted octanol–water partition coefficient (Wildman–Crippen LogP) is 0.166. The van der Waals surface area contributed by atoms with Crippen LogP contribution < -0.4 is 21.9 Å². The van der Waals surface area contributed by atoms with Crippen molar-refractivity contribution in [3.63, 3.8) is 0 Å². The van der Waals surface area contributed by atoms with Crippen molar-refractivity contribution in [1.29, 1.82) is 0 Å². The number of carbonyl (C=O) groups excluding carboxylic acids is 1. The largest absolute Gasteiger partial charge is 0.332 e. The van der Waals surface area contributed by atoms with E-state index < -0.39 is 11.2 Å². The lowest BCUT2D eigenvalue weighted by Crippen LogP contribution is -2.37. The zero-order valence-corrected chi connectivity index (χ0v) is 14.9. The lowest BCUT2D eigenvalue weighted by molar-refractivity contribution is -0.117. The topological polar surface area (TPSA) is 98.0 Å². The highest BCUT2D eigenvalue weighted by Crippen LogP contribution is 2.14. The Morgan fingerprint density at radius 2 is 2.00 bits per heavy atom. The average Bonchev–Trinajstić information content (AvgIpc) is 3.05. The summed E-state index contributed by atoms with van der Waals surface area (Å²) in [5, 5.41) is 6.16. The quantitative estimate of drug-likeness (QED) is 0.779. The summed E-state index contributed by atoms with van der Waals surface area (Å²) in [6.07, 6.45) is 3.22. The summed E-state index contributed by atoms with van der Waals surface area (Å²) in [5.41, 5.74) is -0.121. The van der Waals surface area contributed by atoms with E-state index in [1.807, 2.05) is 0 Å². The van der Waals surface area contributed by atoms with Crippen LogP contribution in [-0.4, -0.2) is 32.6 Å². The minimum Gasteiger partial charge on any atom is -0.323 e. The number of fused-ring (bicyclic) bond motifs is 1. The first-order valence-electron chi connectivity index (χ1n) is 7.09. The Morgan fingerprint density at radius 1 is 1.29 bits per heavy atom. The van der Waals surface area contributed by atoms with Gasteiger partial charge in [-0.3, -0.25) is 18.7 Å². The molecule has 1 saturated heterocycles. The third-order valence-corrected chi connectivity index (χ3v) is 3.94. The molecule has 132 valence electrons. The van der Waals surface area contributed by atoms with E-state index in [0.717, 1.165) is 24.0 Å². The van der Waals surface area contributed by atoms with Crippen molar-refractivity contribution >= 4 is 47.4 Å². The van der Waals surface area contributed by atoms with Gasteiger partial charge < -0.3 is 10.6 Å². The van der Waals surface area contributed by atoms with Gasteiger partial charge in [0.15, 0.2) is 0 Å². The molecule has 0 saturated carbocycles. The normalized spacial score (nSPS) is 16.3. The number of carbonyl (C=O) groups is 1. The Bertz CT molecular complexity index is 871. The molecule has 2 N–H and O–H groups in total. The van der Waals surface area contributed by atoms with Gasteiger partial charge in [0.1, 0.15) is 5.65 Å². The van der Waals surface area contributed by atoms with Gasteiger partial charge in [0.05, 0.1) is 23.3 Å².